The van der Waals surface area contributed by atoms with E-state index >= 15 is 0 Å². The van der Waals surface area contributed by atoms with Crippen LogP contribution in [0.4, 0.5) is 24.7 Å². The predicted octanol–water partition coefficient (Wildman–Crippen LogP) is 4.33. The average molecular weight is 612 g/mol. The van der Waals surface area contributed by atoms with Gasteiger partial charge in [-0.05, 0) is 29.3 Å². The second-order valence-corrected chi connectivity index (χ2v) is 10.6. The Bertz CT molecular complexity index is 1690. The number of rotatable bonds is 6. The van der Waals surface area contributed by atoms with E-state index in [9.17, 15) is 22.8 Å². The number of nitrogens with zero attached hydrogens (tertiary/aromatic N) is 6. The van der Waals surface area contributed by atoms with E-state index in [1.807, 2.05) is 23.3 Å². The summed E-state index contributed by atoms with van der Waals surface area (Å²) < 4.78 is 47.7. The number of aromatic amines is 1. The van der Waals surface area contributed by atoms with Gasteiger partial charge in [0.1, 0.15) is 23.7 Å². The van der Waals surface area contributed by atoms with Gasteiger partial charge in [-0.2, -0.15) is 18.3 Å². The highest BCUT2D eigenvalue weighted by Gasteiger charge is 2.42. The Morgan fingerprint density at radius 2 is 1.84 bits per heavy atom. The maximum atomic E-state index is 13.9. The molecule has 2 aliphatic heterocycles. The Hall–Kier alpha value is -4.65. The van der Waals surface area contributed by atoms with Gasteiger partial charge in [-0.15, -0.1) is 0 Å². The van der Waals surface area contributed by atoms with Crippen molar-refractivity contribution >= 4 is 29.0 Å². The number of fused-ring (bicyclic) bond motifs is 1. The smallest absolute Gasteiger partial charge is 0.423 e. The predicted molar refractivity (Wildman–Crippen MR) is 152 cm³/mol. The van der Waals surface area contributed by atoms with E-state index in [-0.39, 0.29) is 24.7 Å². The molecule has 1 aromatic carbocycles. The van der Waals surface area contributed by atoms with Crippen LogP contribution in [-0.4, -0.2) is 63.8 Å². The number of aromatic nitrogens is 4. The van der Waals surface area contributed by atoms with E-state index in [2.05, 4.69) is 20.0 Å². The molecular weight excluding hydrogens is 587 g/mol. The zero-order chi connectivity index (χ0) is 30.1. The van der Waals surface area contributed by atoms with Crippen molar-refractivity contribution in [1.82, 2.24) is 25.1 Å². The molecule has 1 fully saturated rings. The third kappa shape index (κ3) is 5.85. The van der Waals surface area contributed by atoms with Crippen LogP contribution in [0.3, 0.4) is 0 Å². The molecule has 0 aliphatic carbocycles. The first-order chi connectivity index (χ1) is 20.7. The highest BCUT2D eigenvalue weighted by molar-refractivity contribution is 6.30. The summed E-state index contributed by atoms with van der Waals surface area (Å²) in [4.78, 5) is 39.2. The SMILES string of the molecule is O=C(c1cncc(OC[C@H]2c3ccccc3CN2c2cn[nH]c(=O)c2C(F)(F)F)c1)N1CCN(c2ccc(Cl)cn2)CC1. The van der Waals surface area contributed by atoms with E-state index in [1.54, 1.807) is 35.4 Å². The lowest BCUT2D eigenvalue weighted by atomic mass is 10.1. The Balaban J connectivity index is 1.17. The number of nitrogens with one attached hydrogen (secondary N) is 1. The van der Waals surface area contributed by atoms with Gasteiger partial charge in [0.25, 0.3) is 11.5 Å². The Kier molecular flexibility index (Phi) is 7.65. The highest BCUT2D eigenvalue weighted by atomic mass is 35.5. The second-order valence-electron chi connectivity index (χ2n) is 10.1. The molecule has 222 valence electrons. The minimum absolute atomic E-state index is 0.0623. The highest BCUT2D eigenvalue weighted by Crippen LogP contribution is 2.42. The number of ether oxygens (including phenoxy) is 1. The molecule has 4 aromatic rings. The van der Waals surface area contributed by atoms with Crippen molar-refractivity contribution in [3.05, 3.63) is 105 Å². The molecule has 0 radical (unpaired) electrons. The van der Waals surface area contributed by atoms with Crippen LogP contribution in [0.5, 0.6) is 5.75 Å². The van der Waals surface area contributed by atoms with Crippen LogP contribution in [0.25, 0.3) is 0 Å². The van der Waals surface area contributed by atoms with Crippen molar-refractivity contribution in [2.45, 2.75) is 18.8 Å². The first-order valence-corrected chi connectivity index (χ1v) is 13.8. The summed E-state index contributed by atoms with van der Waals surface area (Å²) >= 11 is 5.93. The maximum Gasteiger partial charge on any atom is 0.423 e. The largest absolute Gasteiger partial charge is 0.489 e. The van der Waals surface area contributed by atoms with Crippen molar-refractivity contribution in [1.29, 1.82) is 0 Å². The summed E-state index contributed by atoms with van der Waals surface area (Å²) in [5.74, 6) is 0.868. The number of hydrogen-bond donors (Lipinski definition) is 1. The summed E-state index contributed by atoms with van der Waals surface area (Å²) in [5.41, 5.74) is -1.07. The van der Waals surface area contributed by atoms with Crippen molar-refractivity contribution in [3.8, 4) is 5.75 Å². The van der Waals surface area contributed by atoms with Crippen molar-refractivity contribution in [2.75, 3.05) is 42.6 Å². The fourth-order valence-corrected chi connectivity index (χ4v) is 5.56. The zero-order valence-corrected chi connectivity index (χ0v) is 23.3. The number of alkyl halides is 3. The van der Waals surface area contributed by atoms with Crippen LogP contribution in [0.1, 0.15) is 33.1 Å². The topological polar surface area (TPSA) is 108 Å². The molecule has 0 spiro atoms. The first-order valence-electron chi connectivity index (χ1n) is 13.4. The van der Waals surface area contributed by atoms with Gasteiger partial charge in [-0.25, -0.2) is 10.1 Å². The van der Waals surface area contributed by atoms with Gasteiger partial charge in [0, 0.05) is 45.1 Å². The second kappa shape index (κ2) is 11.6. The molecule has 43 heavy (non-hydrogen) atoms. The van der Waals surface area contributed by atoms with E-state index < -0.39 is 23.3 Å². The summed E-state index contributed by atoms with van der Waals surface area (Å²) in [6.07, 6.45) is 0.605. The standard InChI is InChI=1S/C29H25ClF3N7O3/c30-20-5-6-25(35-13-20)38-7-9-39(10-8-38)28(42)19-11-21(14-34-12-19)43-17-24-22-4-2-1-3-18(22)16-40(24)23-15-36-37-27(41)26(23)29(31,32)33/h1-6,11-15,24H,7-10,16-17H2,(H,37,41)/t24-/m0/s1. The molecule has 0 saturated carbocycles. The number of anilines is 2. The molecule has 1 atom stereocenters. The molecule has 5 heterocycles. The van der Waals surface area contributed by atoms with Crippen molar-refractivity contribution < 1.29 is 22.7 Å². The number of H-pyrrole nitrogens is 1. The molecule has 3 aromatic heterocycles. The minimum Gasteiger partial charge on any atom is -0.489 e. The molecule has 1 saturated heterocycles. The van der Waals surface area contributed by atoms with Crippen LogP contribution in [0.2, 0.25) is 5.02 Å². The molecule has 1 N–H and O–H groups in total. The first kappa shape index (κ1) is 28.5. The fraction of sp³-hybridized carbons (Fsp3) is 0.276. The summed E-state index contributed by atoms with van der Waals surface area (Å²) in [7, 11) is 0. The quantitative estimate of drug-likeness (QED) is 0.343. The maximum absolute atomic E-state index is 13.9. The van der Waals surface area contributed by atoms with Crippen LogP contribution >= 0.6 is 11.6 Å². The molecule has 1 amide bonds. The van der Waals surface area contributed by atoms with Gasteiger partial charge >= 0.3 is 6.18 Å². The van der Waals surface area contributed by atoms with Crippen LogP contribution < -0.4 is 20.1 Å². The molecule has 10 nitrogen and oxygen atoms in total. The Morgan fingerprint density at radius 3 is 2.58 bits per heavy atom. The lowest BCUT2D eigenvalue weighted by molar-refractivity contribution is -0.138. The number of hydrogen-bond acceptors (Lipinski definition) is 8. The summed E-state index contributed by atoms with van der Waals surface area (Å²) in [6.45, 7) is 2.22. The normalized spacial score (nSPS) is 16.7. The monoisotopic (exact) mass is 611 g/mol. The average Bonchev–Trinajstić information content (AvgIpc) is 3.38. The number of benzene rings is 1. The third-order valence-electron chi connectivity index (χ3n) is 7.53. The minimum atomic E-state index is -4.89. The van der Waals surface area contributed by atoms with Gasteiger partial charge < -0.3 is 19.4 Å². The lowest BCUT2D eigenvalue weighted by Gasteiger charge is -2.35. The molecule has 0 bridgehead atoms. The number of pyridine rings is 2. The molecule has 0 unspecified atom stereocenters. The van der Waals surface area contributed by atoms with E-state index in [4.69, 9.17) is 16.3 Å². The number of amides is 1. The van der Waals surface area contributed by atoms with Crippen LogP contribution in [0, 0.1) is 0 Å². The van der Waals surface area contributed by atoms with Crippen LogP contribution in [-0.2, 0) is 12.7 Å². The number of carbonyl (C=O) groups excluding carboxylic acids is 1. The third-order valence-corrected chi connectivity index (χ3v) is 7.75. The van der Waals surface area contributed by atoms with Crippen molar-refractivity contribution in [2.24, 2.45) is 0 Å². The number of halogens is 4. The number of piperazine rings is 1. The Labute approximate surface area is 248 Å². The number of carbonyl (C=O) groups is 1. The summed E-state index contributed by atoms with van der Waals surface area (Å²) in [6, 6.07) is 11.7. The molecule has 14 heteroatoms. The summed E-state index contributed by atoms with van der Waals surface area (Å²) in [5, 5.41) is 6.07. The van der Waals surface area contributed by atoms with Gasteiger partial charge in [0.05, 0.1) is 34.7 Å². The van der Waals surface area contributed by atoms with Gasteiger partial charge in [0.15, 0.2) is 0 Å². The van der Waals surface area contributed by atoms with Gasteiger partial charge in [-0.3, -0.25) is 14.6 Å². The van der Waals surface area contributed by atoms with E-state index in [0.717, 1.165) is 23.1 Å². The van der Waals surface area contributed by atoms with E-state index in [0.29, 0.717) is 42.5 Å². The Morgan fingerprint density at radius 1 is 1.05 bits per heavy atom. The van der Waals surface area contributed by atoms with Crippen LogP contribution in [0.15, 0.2) is 72.0 Å². The van der Waals surface area contributed by atoms with E-state index in [1.165, 1.54) is 17.3 Å². The molecule has 2 aliphatic rings. The molecular formula is C29H25ClF3N7O3. The van der Waals surface area contributed by atoms with Gasteiger partial charge in [0.2, 0.25) is 0 Å². The van der Waals surface area contributed by atoms with Gasteiger partial charge in [-0.1, -0.05) is 35.9 Å². The fourth-order valence-electron chi connectivity index (χ4n) is 5.44. The zero-order valence-electron chi connectivity index (χ0n) is 22.6. The molecule has 6 rings (SSSR count). The lowest BCUT2D eigenvalue weighted by Crippen LogP contribution is -2.49. The van der Waals surface area contributed by atoms with Crippen molar-refractivity contribution in [3.63, 3.8) is 0 Å².